The van der Waals surface area contributed by atoms with Gasteiger partial charge in [0.05, 0.1) is 0 Å². The summed E-state index contributed by atoms with van der Waals surface area (Å²) in [5, 5.41) is 0. The van der Waals surface area contributed by atoms with Crippen molar-refractivity contribution in [1.82, 2.24) is 0 Å². The number of hydrogen-bond donors (Lipinski definition) is 0. The van der Waals surface area contributed by atoms with Gasteiger partial charge in [-0.1, -0.05) is 38.6 Å². The van der Waals surface area contributed by atoms with Crippen LogP contribution in [0.1, 0.15) is 20.8 Å². The van der Waals surface area contributed by atoms with Crippen LogP contribution in [0, 0.1) is 0 Å². The van der Waals surface area contributed by atoms with E-state index in [9.17, 15) is 0 Å². The van der Waals surface area contributed by atoms with Crippen LogP contribution in [-0.4, -0.2) is 6.61 Å². The second kappa shape index (κ2) is 7.41. The summed E-state index contributed by atoms with van der Waals surface area (Å²) in [6, 6.07) is 9.74. The van der Waals surface area contributed by atoms with Gasteiger partial charge in [-0.25, -0.2) is 0 Å². The monoisotopic (exact) mass is 178 g/mol. The summed E-state index contributed by atoms with van der Waals surface area (Å²) in [5.41, 5.74) is 1.04. The fraction of sp³-hybridized carbons (Fsp3) is 0.333. The summed E-state index contributed by atoms with van der Waals surface area (Å²) in [6.07, 6.45) is 0. The minimum absolute atomic E-state index is 0.601. The molecule has 0 radical (unpaired) electrons. The van der Waals surface area contributed by atoms with E-state index in [0.717, 1.165) is 11.3 Å². The molecule has 0 aliphatic carbocycles. The van der Waals surface area contributed by atoms with Crippen LogP contribution in [0.15, 0.2) is 42.5 Å². The fourth-order valence-electron chi connectivity index (χ4n) is 0.723. The van der Waals surface area contributed by atoms with E-state index in [1.807, 2.05) is 51.1 Å². The van der Waals surface area contributed by atoms with Crippen molar-refractivity contribution in [2.75, 3.05) is 6.61 Å². The van der Waals surface area contributed by atoms with Gasteiger partial charge in [-0.05, 0) is 24.6 Å². The zero-order valence-corrected chi connectivity index (χ0v) is 8.71. The molecule has 0 fully saturated rings. The Balaban J connectivity index is 0.000000671. The molecule has 0 saturated carbocycles. The van der Waals surface area contributed by atoms with Crippen LogP contribution in [0.4, 0.5) is 0 Å². The summed E-state index contributed by atoms with van der Waals surface area (Å²) in [5.74, 6) is 0.899. The molecule has 72 valence electrons. The molecule has 1 nitrogen and oxygen atoms in total. The first-order valence-corrected chi connectivity index (χ1v) is 4.61. The van der Waals surface area contributed by atoms with Gasteiger partial charge in [0, 0.05) is 0 Å². The maximum atomic E-state index is 5.37. The Morgan fingerprint density at radius 1 is 1.23 bits per heavy atom. The van der Waals surface area contributed by atoms with E-state index in [1.165, 1.54) is 0 Å². The summed E-state index contributed by atoms with van der Waals surface area (Å²) < 4.78 is 5.37. The summed E-state index contributed by atoms with van der Waals surface area (Å²) >= 11 is 0. The Bertz CT molecular complexity index is 226. The number of hydrogen-bond acceptors (Lipinski definition) is 1. The lowest BCUT2D eigenvalue weighted by Gasteiger charge is -2.03. The van der Waals surface area contributed by atoms with Gasteiger partial charge in [0.1, 0.15) is 12.4 Å². The molecule has 1 rings (SSSR count). The molecule has 1 aromatic carbocycles. The minimum atomic E-state index is 0.601. The van der Waals surface area contributed by atoms with Crippen LogP contribution in [-0.2, 0) is 0 Å². The molecule has 0 aliphatic rings. The largest absolute Gasteiger partial charge is 0.489 e. The van der Waals surface area contributed by atoms with Gasteiger partial charge < -0.3 is 4.74 Å². The fourth-order valence-corrected chi connectivity index (χ4v) is 0.723. The Labute approximate surface area is 81.1 Å². The lowest BCUT2D eigenvalue weighted by molar-refractivity contribution is 0.352. The van der Waals surface area contributed by atoms with Crippen LogP contribution in [0.25, 0.3) is 0 Å². The van der Waals surface area contributed by atoms with E-state index < -0.39 is 0 Å². The Hall–Kier alpha value is -1.24. The van der Waals surface area contributed by atoms with Gasteiger partial charge in [-0.15, -0.1) is 0 Å². The molecule has 0 aliphatic heterocycles. The third-order valence-electron chi connectivity index (χ3n) is 1.23. The second-order valence-corrected chi connectivity index (χ2v) is 2.56. The summed E-state index contributed by atoms with van der Waals surface area (Å²) in [4.78, 5) is 0. The smallest absolute Gasteiger partial charge is 0.119 e. The van der Waals surface area contributed by atoms with E-state index in [-0.39, 0.29) is 0 Å². The van der Waals surface area contributed by atoms with Crippen molar-refractivity contribution in [3.8, 4) is 5.75 Å². The quantitative estimate of drug-likeness (QED) is 0.642. The zero-order chi connectivity index (χ0) is 10.1. The molecule has 13 heavy (non-hydrogen) atoms. The number of para-hydroxylation sites is 1. The molecule has 0 N–H and O–H groups in total. The average molecular weight is 178 g/mol. The first-order chi connectivity index (χ1) is 6.29. The molecule has 1 heteroatoms. The van der Waals surface area contributed by atoms with Gasteiger partial charge in [-0.3, -0.25) is 0 Å². The molecular formula is C12H18O. The van der Waals surface area contributed by atoms with Crippen LogP contribution >= 0.6 is 0 Å². The molecule has 0 atom stereocenters. The standard InChI is InChI=1S/C10H12O.C2H6/c1-9(2)8-11-10-6-4-3-5-7-10;1-2/h3-7H,1,8H2,2H3;1-2H3. The number of benzene rings is 1. The minimum Gasteiger partial charge on any atom is -0.489 e. The first kappa shape index (κ1) is 11.8. The molecular weight excluding hydrogens is 160 g/mol. The molecule has 0 spiro atoms. The Morgan fingerprint density at radius 2 is 1.77 bits per heavy atom. The SMILES string of the molecule is C=C(C)COc1ccccc1.CC. The lowest BCUT2D eigenvalue weighted by atomic mass is 10.3. The molecule has 0 unspecified atom stereocenters. The third kappa shape index (κ3) is 5.97. The molecule has 0 aromatic heterocycles. The van der Waals surface area contributed by atoms with Crippen molar-refractivity contribution < 1.29 is 4.74 Å². The highest BCUT2D eigenvalue weighted by molar-refractivity contribution is 5.21. The van der Waals surface area contributed by atoms with E-state index in [4.69, 9.17) is 4.74 Å². The van der Waals surface area contributed by atoms with Gasteiger partial charge in [0.2, 0.25) is 0 Å². The van der Waals surface area contributed by atoms with Crippen LogP contribution in [0.2, 0.25) is 0 Å². The van der Waals surface area contributed by atoms with Crippen molar-refractivity contribution in [3.05, 3.63) is 42.5 Å². The molecule has 0 bridgehead atoms. The normalized spacial score (nSPS) is 8.23. The predicted octanol–water partition coefficient (Wildman–Crippen LogP) is 3.67. The highest BCUT2D eigenvalue weighted by Crippen LogP contribution is 2.08. The Morgan fingerprint density at radius 3 is 2.23 bits per heavy atom. The maximum absolute atomic E-state index is 5.37. The Kier molecular flexibility index (Phi) is 6.70. The number of rotatable bonds is 3. The maximum Gasteiger partial charge on any atom is 0.119 e. The first-order valence-electron chi connectivity index (χ1n) is 4.61. The highest BCUT2D eigenvalue weighted by Gasteiger charge is 1.89. The molecule has 0 saturated heterocycles. The zero-order valence-electron chi connectivity index (χ0n) is 8.71. The second-order valence-electron chi connectivity index (χ2n) is 2.56. The van der Waals surface area contributed by atoms with Crippen molar-refractivity contribution in [2.24, 2.45) is 0 Å². The lowest BCUT2D eigenvalue weighted by Crippen LogP contribution is -1.96. The highest BCUT2D eigenvalue weighted by atomic mass is 16.5. The van der Waals surface area contributed by atoms with Crippen molar-refractivity contribution in [1.29, 1.82) is 0 Å². The van der Waals surface area contributed by atoms with Gasteiger partial charge >= 0.3 is 0 Å². The van der Waals surface area contributed by atoms with E-state index in [2.05, 4.69) is 6.58 Å². The summed E-state index contributed by atoms with van der Waals surface area (Å²) in [6.45, 7) is 10.3. The average Bonchev–Trinajstić information content (AvgIpc) is 2.19. The molecule has 1 aromatic rings. The predicted molar refractivity (Wildman–Crippen MR) is 58.1 cm³/mol. The van der Waals surface area contributed by atoms with Crippen LogP contribution < -0.4 is 4.74 Å². The molecule has 0 heterocycles. The van der Waals surface area contributed by atoms with Gasteiger partial charge in [-0.2, -0.15) is 0 Å². The topological polar surface area (TPSA) is 9.23 Å². The number of ether oxygens (including phenoxy) is 1. The van der Waals surface area contributed by atoms with Gasteiger partial charge in [0.25, 0.3) is 0 Å². The van der Waals surface area contributed by atoms with E-state index in [1.54, 1.807) is 0 Å². The van der Waals surface area contributed by atoms with E-state index >= 15 is 0 Å². The van der Waals surface area contributed by atoms with Crippen molar-refractivity contribution in [3.63, 3.8) is 0 Å². The van der Waals surface area contributed by atoms with Crippen LogP contribution in [0.5, 0.6) is 5.75 Å². The third-order valence-corrected chi connectivity index (χ3v) is 1.23. The summed E-state index contributed by atoms with van der Waals surface area (Å²) in [7, 11) is 0. The van der Waals surface area contributed by atoms with Gasteiger partial charge in [0.15, 0.2) is 0 Å². The van der Waals surface area contributed by atoms with Crippen molar-refractivity contribution >= 4 is 0 Å². The van der Waals surface area contributed by atoms with Crippen molar-refractivity contribution in [2.45, 2.75) is 20.8 Å². The van der Waals surface area contributed by atoms with E-state index in [0.29, 0.717) is 6.61 Å². The van der Waals surface area contributed by atoms with Crippen LogP contribution in [0.3, 0.4) is 0 Å². The molecule has 0 amide bonds.